The van der Waals surface area contributed by atoms with Crippen LogP contribution < -0.4 is 24.8 Å². The summed E-state index contributed by atoms with van der Waals surface area (Å²) in [6.45, 7) is 6.47. The molecule has 2 amide bonds. The minimum absolute atomic E-state index is 0.0601. The summed E-state index contributed by atoms with van der Waals surface area (Å²) in [5, 5.41) is 2.68. The molecule has 0 unspecified atom stereocenters. The maximum atomic E-state index is 15.1. The quantitative estimate of drug-likeness (QED) is 0.574. The monoisotopic (exact) mass is 507 g/mol. The zero-order valence-electron chi connectivity index (χ0n) is 19.5. The lowest BCUT2D eigenvalue weighted by Crippen LogP contribution is -2.47. The van der Waals surface area contributed by atoms with Gasteiger partial charge in [0.25, 0.3) is 0 Å². The van der Waals surface area contributed by atoms with Crippen molar-refractivity contribution in [2.45, 2.75) is 26.4 Å². The Kier molecular flexibility index (Phi) is 7.69. The molecule has 1 aromatic carbocycles. The number of nitrogens with one attached hydrogen (secondary N) is 1. The average molecular weight is 508 g/mol. The van der Waals surface area contributed by atoms with E-state index in [0.717, 1.165) is 6.42 Å². The van der Waals surface area contributed by atoms with Crippen LogP contribution in [-0.2, 0) is 9.53 Å². The predicted octanol–water partition coefficient (Wildman–Crippen LogP) is 2.24. The van der Waals surface area contributed by atoms with Crippen molar-refractivity contribution in [1.82, 2.24) is 20.3 Å². The summed E-state index contributed by atoms with van der Waals surface area (Å²) in [5.41, 5.74) is 0.844. The van der Waals surface area contributed by atoms with E-state index >= 15 is 4.39 Å². The van der Waals surface area contributed by atoms with E-state index in [1.54, 1.807) is 12.1 Å². The number of carbonyl (C=O) groups excluding carboxylic acids is 2. The number of hydrogen-bond donors (Lipinski definition) is 1. The average Bonchev–Trinajstić information content (AvgIpc) is 3.21. The Morgan fingerprint density at radius 3 is 2.66 bits per heavy atom. The molecule has 13 heteroatoms. The summed E-state index contributed by atoms with van der Waals surface area (Å²) in [6.07, 6.45) is -0.239. The van der Waals surface area contributed by atoms with Crippen LogP contribution >= 0.6 is 11.6 Å². The van der Waals surface area contributed by atoms with Crippen LogP contribution in [0.15, 0.2) is 18.2 Å². The normalized spacial score (nSPS) is 18.0. The van der Waals surface area contributed by atoms with Gasteiger partial charge in [0.1, 0.15) is 11.9 Å². The molecule has 0 radical (unpaired) electrons. The summed E-state index contributed by atoms with van der Waals surface area (Å²) in [7, 11) is 0. The number of cyclic esters (lactones) is 1. The molecule has 2 aliphatic rings. The van der Waals surface area contributed by atoms with Gasteiger partial charge in [0, 0.05) is 33.1 Å². The standard InChI is InChI=1S/C22H27ClFN7O4/c1-3-10-34-21-27-19(23)26-20(28-21)30-8-6-29(7-9-30)18-5-4-15(11-17(18)24)31-13-16(35-22(31)33)12-25-14(2)32/h4-5,11,16H,3,6-10,12-13H2,1-2H3,(H,25,32)/t16-/m0/s1. The van der Waals surface area contributed by atoms with Gasteiger partial charge in [-0.05, 0) is 36.2 Å². The second kappa shape index (κ2) is 10.9. The molecule has 0 aliphatic carbocycles. The summed E-state index contributed by atoms with van der Waals surface area (Å²) < 4.78 is 25.8. The number of amides is 2. The van der Waals surface area contributed by atoms with E-state index in [-0.39, 0.29) is 30.3 Å². The second-order valence-corrected chi connectivity index (χ2v) is 8.54. The fourth-order valence-electron chi connectivity index (χ4n) is 3.89. The van der Waals surface area contributed by atoms with E-state index in [2.05, 4.69) is 20.3 Å². The molecular weight excluding hydrogens is 481 g/mol. The number of hydrogen-bond acceptors (Lipinski definition) is 9. The van der Waals surface area contributed by atoms with Gasteiger partial charge in [-0.25, -0.2) is 9.18 Å². The Bertz CT molecular complexity index is 1080. The van der Waals surface area contributed by atoms with Crippen LogP contribution in [0.2, 0.25) is 5.28 Å². The minimum atomic E-state index is -0.570. The number of rotatable bonds is 8. The highest BCUT2D eigenvalue weighted by Crippen LogP contribution is 2.29. The summed E-state index contributed by atoms with van der Waals surface area (Å²) in [5.74, 6) is -0.223. The van der Waals surface area contributed by atoms with Gasteiger partial charge in [-0.15, -0.1) is 0 Å². The Morgan fingerprint density at radius 2 is 1.97 bits per heavy atom. The molecule has 35 heavy (non-hydrogen) atoms. The molecule has 188 valence electrons. The predicted molar refractivity (Wildman–Crippen MR) is 128 cm³/mol. The number of ether oxygens (including phenoxy) is 2. The van der Waals surface area contributed by atoms with Crippen LogP contribution in [0.25, 0.3) is 0 Å². The first-order valence-electron chi connectivity index (χ1n) is 11.4. The molecule has 1 atom stereocenters. The van der Waals surface area contributed by atoms with Crippen molar-refractivity contribution in [2.75, 3.05) is 60.6 Å². The molecule has 0 bridgehead atoms. The third-order valence-electron chi connectivity index (χ3n) is 5.61. The second-order valence-electron chi connectivity index (χ2n) is 8.20. The number of benzene rings is 1. The first-order chi connectivity index (χ1) is 16.8. The van der Waals surface area contributed by atoms with Crippen molar-refractivity contribution in [1.29, 1.82) is 0 Å². The SMILES string of the molecule is CCCOc1nc(Cl)nc(N2CCN(c3ccc(N4C[C@H](CNC(C)=O)OC4=O)cc3F)CC2)n1. The van der Waals surface area contributed by atoms with Gasteiger partial charge in [0.05, 0.1) is 31.1 Å². The summed E-state index contributed by atoms with van der Waals surface area (Å²) in [6, 6.07) is 4.86. The first kappa shape index (κ1) is 24.7. The zero-order chi connectivity index (χ0) is 24.9. The molecule has 1 aromatic heterocycles. The van der Waals surface area contributed by atoms with Gasteiger partial charge in [-0.1, -0.05) is 6.92 Å². The Morgan fingerprint density at radius 1 is 1.23 bits per heavy atom. The van der Waals surface area contributed by atoms with E-state index in [4.69, 9.17) is 21.1 Å². The van der Waals surface area contributed by atoms with Crippen LogP contribution in [0, 0.1) is 5.82 Å². The minimum Gasteiger partial charge on any atom is -0.463 e. The molecule has 0 spiro atoms. The molecule has 3 heterocycles. The number of aromatic nitrogens is 3. The zero-order valence-corrected chi connectivity index (χ0v) is 20.3. The molecule has 2 aromatic rings. The molecule has 11 nitrogen and oxygen atoms in total. The van der Waals surface area contributed by atoms with Crippen molar-refractivity contribution in [3.63, 3.8) is 0 Å². The number of piperazine rings is 1. The highest BCUT2D eigenvalue weighted by Gasteiger charge is 2.33. The number of anilines is 3. The van der Waals surface area contributed by atoms with Gasteiger partial charge in [0.15, 0.2) is 0 Å². The molecule has 2 aliphatic heterocycles. The Hall–Kier alpha value is -3.41. The van der Waals surface area contributed by atoms with E-state index < -0.39 is 18.0 Å². The van der Waals surface area contributed by atoms with E-state index in [9.17, 15) is 9.59 Å². The van der Waals surface area contributed by atoms with Gasteiger partial charge in [-0.3, -0.25) is 9.69 Å². The van der Waals surface area contributed by atoms with Crippen LogP contribution in [0.1, 0.15) is 20.3 Å². The van der Waals surface area contributed by atoms with Gasteiger partial charge < -0.3 is 24.6 Å². The van der Waals surface area contributed by atoms with Gasteiger partial charge >= 0.3 is 12.1 Å². The number of halogens is 2. The van der Waals surface area contributed by atoms with Crippen LogP contribution in [0.3, 0.4) is 0 Å². The van der Waals surface area contributed by atoms with Crippen LogP contribution in [-0.4, -0.2) is 78.9 Å². The summed E-state index contributed by atoms with van der Waals surface area (Å²) >= 11 is 6.03. The van der Waals surface area contributed by atoms with Gasteiger partial charge in [-0.2, -0.15) is 15.0 Å². The van der Waals surface area contributed by atoms with E-state index in [1.807, 2.05) is 16.7 Å². The fraction of sp³-hybridized carbons (Fsp3) is 0.500. The van der Waals surface area contributed by atoms with Crippen molar-refractivity contribution in [2.24, 2.45) is 0 Å². The highest BCUT2D eigenvalue weighted by molar-refractivity contribution is 6.28. The van der Waals surface area contributed by atoms with E-state index in [0.29, 0.717) is 50.1 Å². The van der Waals surface area contributed by atoms with Crippen LogP contribution in [0.4, 0.5) is 26.5 Å². The Balaban J connectivity index is 1.38. The fourth-order valence-corrected chi connectivity index (χ4v) is 4.03. The third-order valence-corrected chi connectivity index (χ3v) is 5.78. The molecule has 1 N–H and O–H groups in total. The Labute approximate surface area is 207 Å². The maximum Gasteiger partial charge on any atom is 0.414 e. The van der Waals surface area contributed by atoms with Crippen molar-refractivity contribution < 1.29 is 23.5 Å². The molecule has 0 saturated carbocycles. The molecule has 2 saturated heterocycles. The molecule has 4 rings (SSSR count). The smallest absolute Gasteiger partial charge is 0.414 e. The number of carbonyl (C=O) groups is 2. The molecular formula is C22H27ClFN7O4. The first-order valence-corrected chi connectivity index (χ1v) is 11.8. The van der Waals surface area contributed by atoms with Crippen LogP contribution in [0.5, 0.6) is 6.01 Å². The van der Waals surface area contributed by atoms with Crippen molar-refractivity contribution in [3.05, 3.63) is 29.3 Å². The van der Waals surface area contributed by atoms with Crippen molar-refractivity contribution >= 4 is 40.9 Å². The lowest BCUT2D eigenvalue weighted by molar-refractivity contribution is -0.119. The van der Waals surface area contributed by atoms with E-state index in [1.165, 1.54) is 17.9 Å². The summed E-state index contributed by atoms with van der Waals surface area (Å²) in [4.78, 5) is 41.1. The number of nitrogens with zero attached hydrogens (tertiary/aromatic N) is 6. The van der Waals surface area contributed by atoms with Gasteiger partial charge in [0.2, 0.25) is 17.1 Å². The maximum absolute atomic E-state index is 15.1. The highest BCUT2D eigenvalue weighted by atomic mass is 35.5. The topological polar surface area (TPSA) is 113 Å². The third kappa shape index (κ3) is 5.99. The largest absolute Gasteiger partial charge is 0.463 e. The lowest BCUT2D eigenvalue weighted by atomic mass is 10.2. The lowest BCUT2D eigenvalue weighted by Gasteiger charge is -2.36. The molecule has 2 fully saturated rings. The van der Waals surface area contributed by atoms with Crippen molar-refractivity contribution in [3.8, 4) is 6.01 Å².